The van der Waals surface area contributed by atoms with Crippen LogP contribution in [0, 0.1) is 0 Å². The van der Waals surface area contributed by atoms with E-state index in [2.05, 4.69) is 15.1 Å². The molecule has 2 atom stereocenters. The predicted molar refractivity (Wildman–Crippen MR) is 99.0 cm³/mol. The van der Waals surface area contributed by atoms with Crippen LogP contribution in [0.15, 0.2) is 35.0 Å². The topological polar surface area (TPSA) is 128 Å². The molecule has 2 unspecified atom stereocenters. The number of aromatic hydroxyl groups is 1. The number of rotatable bonds is 7. The average Bonchev–Trinajstić information content (AvgIpc) is 3.14. The van der Waals surface area contributed by atoms with Gasteiger partial charge in [-0.15, -0.1) is 0 Å². The molecule has 2 heterocycles. The third-order valence-corrected chi connectivity index (χ3v) is 4.08. The van der Waals surface area contributed by atoms with Gasteiger partial charge in [0.05, 0.1) is 11.7 Å². The van der Waals surface area contributed by atoms with Crippen LogP contribution in [-0.2, 0) is 9.53 Å². The Morgan fingerprint density at radius 1 is 1.45 bits per heavy atom. The average molecular weight is 405 g/mol. The van der Waals surface area contributed by atoms with Crippen molar-refractivity contribution < 1.29 is 33.4 Å². The molecule has 0 bridgehead atoms. The molecule has 154 valence electrons. The van der Waals surface area contributed by atoms with Gasteiger partial charge in [-0.1, -0.05) is 11.2 Å². The molecule has 0 saturated carbocycles. The number of nitrogens with zero attached hydrogens (tertiary/aromatic N) is 3. The van der Waals surface area contributed by atoms with E-state index in [1.54, 1.807) is 13.8 Å². The molecule has 10 heteroatoms. The van der Waals surface area contributed by atoms with E-state index in [1.807, 2.05) is 0 Å². The van der Waals surface area contributed by atoms with Crippen LogP contribution in [0.25, 0.3) is 17.0 Å². The molecule has 0 spiro atoms. The van der Waals surface area contributed by atoms with Gasteiger partial charge in [0.15, 0.2) is 11.9 Å². The Morgan fingerprint density at radius 2 is 2.21 bits per heavy atom. The normalized spacial score (nSPS) is 21.3. The molecule has 2 aromatic rings. The minimum absolute atomic E-state index is 0.0825. The van der Waals surface area contributed by atoms with Crippen molar-refractivity contribution in [3.8, 4) is 23.1 Å². The van der Waals surface area contributed by atoms with Crippen molar-refractivity contribution in [2.75, 3.05) is 6.61 Å². The minimum atomic E-state index is -1.61. The smallest absolute Gasteiger partial charge is 0.329 e. The number of ether oxygens (including phenoxy) is 2. The fraction of sp³-hybridized carbons (Fsp3) is 0.368. The number of carboxylic acids is 1. The van der Waals surface area contributed by atoms with Crippen LogP contribution in [-0.4, -0.2) is 55.8 Å². The molecule has 0 fully saturated rings. The molecule has 1 aliphatic carbocycles. The summed E-state index contributed by atoms with van der Waals surface area (Å²) in [7, 11) is 0. The lowest BCUT2D eigenvalue weighted by molar-refractivity contribution is -0.148. The molecule has 0 amide bonds. The van der Waals surface area contributed by atoms with Gasteiger partial charge in [0.1, 0.15) is 12.2 Å². The Balaban J connectivity index is 1.78. The fourth-order valence-electron chi connectivity index (χ4n) is 2.55. The second-order valence-corrected chi connectivity index (χ2v) is 6.86. The van der Waals surface area contributed by atoms with Crippen LogP contribution < -0.4 is 4.74 Å². The Kier molecular flexibility index (Phi) is 5.64. The highest BCUT2D eigenvalue weighted by molar-refractivity contribution is 5.73. The van der Waals surface area contributed by atoms with E-state index in [0.29, 0.717) is 11.1 Å². The molecule has 1 aliphatic rings. The van der Waals surface area contributed by atoms with Crippen LogP contribution in [0.1, 0.15) is 26.6 Å². The first-order valence-corrected chi connectivity index (χ1v) is 8.79. The monoisotopic (exact) mass is 405 g/mol. The van der Waals surface area contributed by atoms with Crippen LogP contribution in [0.3, 0.4) is 0 Å². The summed E-state index contributed by atoms with van der Waals surface area (Å²) in [4.78, 5) is 18.9. The maximum absolute atomic E-state index is 14.6. The van der Waals surface area contributed by atoms with Gasteiger partial charge in [0, 0.05) is 11.8 Å². The van der Waals surface area contributed by atoms with Crippen LogP contribution >= 0.6 is 0 Å². The van der Waals surface area contributed by atoms with Gasteiger partial charge in [-0.2, -0.15) is 4.98 Å². The number of aromatic nitrogens is 3. The largest absolute Gasteiger partial charge is 0.503 e. The molecule has 0 radical (unpaired) electrons. The van der Waals surface area contributed by atoms with E-state index in [0.717, 1.165) is 0 Å². The standard InChI is InChI=1S/C19H20FN3O6/c1-10(2)28-18-13(24)6-12(8-21-18)17-22-16(23-29-17)11-4-5-19(3,14(20)7-11)27-9-15(25)26/h4-8,10,14,24H,9H2,1-3H3,(H,25,26). The summed E-state index contributed by atoms with van der Waals surface area (Å²) in [6.07, 6.45) is 3.82. The van der Waals surface area contributed by atoms with Crippen molar-refractivity contribution in [1.82, 2.24) is 15.1 Å². The van der Waals surface area contributed by atoms with Crippen LogP contribution in [0.5, 0.6) is 11.6 Å². The summed E-state index contributed by atoms with van der Waals surface area (Å²) in [5.41, 5.74) is -0.693. The molecule has 2 N–H and O–H groups in total. The van der Waals surface area contributed by atoms with Crippen molar-refractivity contribution in [3.05, 3.63) is 36.3 Å². The Hall–Kier alpha value is -3.27. The zero-order valence-corrected chi connectivity index (χ0v) is 16.0. The molecule has 3 rings (SSSR count). The first-order chi connectivity index (χ1) is 13.7. The first kappa shape index (κ1) is 20.5. The van der Waals surface area contributed by atoms with Crippen molar-refractivity contribution in [1.29, 1.82) is 0 Å². The molecule has 0 aromatic carbocycles. The van der Waals surface area contributed by atoms with Gasteiger partial charge in [-0.05, 0) is 39.0 Å². The zero-order chi connectivity index (χ0) is 21.2. The number of alkyl halides is 1. The van der Waals surface area contributed by atoms with E-state index in [1.165, 1.54) is 37.4 Å². The van der Waals surface area contributed by atoms with Crippen molar-refractivity contribution in [2.45, 2.75) is 38.6 Å². The predicted octanol–water partition coefficient (Wildman–Crippen LogP) is 2.78. The summed E-state index contributed by atoms with van der Waals surface area (Å²) < 4.78 is 30.3. The summed E-state index contributed by atoms with van der Waals surface area (Å²) in [6.45, 7) is 4.44. The molecular formula is C19H20FN3O6. The van der Waals surface area contributed by atoms with Crippen LogP contribution in [0.2, 0.25) is 0 Å². The quantitative estimate of drug-likeness (QED) is 0.714. The molecule has 9 nitrogen and oxygen atoms in total. The van der Waals surface area contributed by atoms with E-state index in [-0.39, 0.29) is 29.4 Å². The van der Waals surface area contributed by atoms with Crippen molar-refractivity contribution >= 4 is 11.5 Å². The maximum Gasteiger partial charge on any atom is 0.329 e. The zero-order valence-electron chi connectivity index (χ0n) is 16.0. The van der Waals surface area contributed by atoms with E-state index >= 15 is 0 Å². The van der Waals surface area contributed by atoms with E-state index in [4.69, 9.17) is 19.1 Å². The molecule has 2 aromatic heterocycles. The summed E-state index contributed by atoms with van der Waals surface area (Å²) >= 11 is 0. The number of halogens is 1. The van der Waals surface area contributed by atoms with Crippen molar-refractivity contribution in [2.24, 2.45) is 0 Å². The Labute approximate surface area is 165 Å². The number of pyridine rings is 1. The SMILES string of the molecule is CC(C)Oc1ncc(-c2nc(C3=CC(F)C(C)(OCC(=O)O)C=C3)no2)cc1O. The molecule has 29 heavy (non-hydrogen) atoms. The number of allylic oxidation sites excluding steroid dienone is 2. The van der Waals surface area contributed by atoms with Gasteiger partial charge in [0.2, 0.25) is 5.82 Å². The highest BCUT2D eigenvalue weighted by Gasteiger charge is 2.35. The van der Waals surface area contributed by atoms with E-state index < -0.39 is 24.3 Å². The number of carboxylic acid groups (broad SMARTS) is 1. The highest BCUT2D eigenvalue weighted by atomic mass is 19.1. The highest BCUT2D eigenvalue weighted by Crippen LogP contribution is 2.33. The lowest BCUT2D eigenvalue weighted by Gasteiger charge is -2.30. The van der Waals surface area contributed by atoms with Gasteiger partial charge >= 0.3 is 5.97 Å². The third kappa shape index (κ3) is 4.60. The maximum atomic E-state index is 14.6. The number of hydrogen-bond acceptors (Lipinski definition) is 8. The summed E-state index contributed by atoms with van der Waals surface area (Å²) in [5, 5.41) is 22.6. The third-order valence-electron chi connectivity index (χ3n) is 4.08. The lowest BCUT2D eigenvalue weighted by atomic mass is 9.91. The van der Waals surface area contributed by atoms with Gasteiger partial charge in [0.25, 0.3) is 11.8 Å². The number of hydrogen-bond donors (Lipinski definition) is 2. The number of carbonyl (C=O) groups is 1. The first-order valence-electron chi connectivity index (χ1n) is 8.79. The number of aliphatic carboxylic acids is 1. The second-order valence-electron chi connectivity index (χ2n) is 6.86. The van der Waals surface area contributed by atoms with Gasteiger partial charge in [-0.3, -0.25) is 0 Å². The van der Waals surface area contributed by atoms with Gasteiger partial charge in [-0.25, -0.2) is 14.2 Å². The Bertz CT molecular complexity index is 971. The second kappa shape index (κ2) is 8.00. The Morgan fingerprint density at radius 3 is 2.83 bits per heavy atom. The molecule has 0 saturated heterocycles. The van der Waals surface area contributed by atoms with Gasteiger partial charge < -0.3 is 24.2 Å². The minimum Gasteiger partial charge on any atom is -0.503 e. The summed E-state index contributed by atoms with van der Waals surface area (Å²) in [5.74, 6) is -1.07. The van der Waals surface area contributed by atoms with E-state index in [9.17, 15) is 14.3 Å². The molecule has 0 aliphatic heterocycles. The van der Waals surface area contributed by atoms with Crippen LogP contribution in [0.4, 0.5) is 4.39 Å². The fourth-order valence-corrected chi connectivity index (χ4v) is 2.55. The van der Waals surface area contributed by atoms with Crippen molar-refractivity contribution in [3.63, 3.8) is 0 Å². The lowest BCUT2D eigenvalue weighted by Crippen LogP contribution is -2.39. The molecular weight excluding hydrogens is 385 g/mol. The summed E-state index contributed by atoms with van der Waals surface area (Å²) in [6, 6.07) is 1.38.